The quantitative estimate of drug-likeness (QED) is 0.830. The first-order valence-electron chi connectivity index (χ1n) is 4.96. The van der Waals surface area contributed by atoms with E-state index in [2.05, 4.69) is 10.3 Å². The summed E-state index contributed by atoms with van der Waals surface area (Å²) in [6.45, 7) is 0.366. The lowest BCUT2D eigenvalue weighted by Crippen LogP contribution is -2.03. The molecule has 4 heteroatoms. The number of pyridine rings is 1. The summed E-state index contributed by atoms with van der Waals surface area (Å²) >= 11 is 0. The number of nitrogens with two attached hydrogens (primary N) is 1. The van der Waals surface area contributed by atoms with Crippen LogP contribution in [-0.4, -0.2) is 4.98 Å². The smallest absolute Gasteiger partial charge is 0.146 e. The predicted octanol–water partition coefficient (Wildman–Crippen LogP) is 2.42. The molecule has 16 heavy (non-hydrogen) atoms. The normalized spacial score (nSPS) is 10.1. The van der Waals surface area contributed by atoms with Crippen molar-refractivity contribution >= 4 is 11.4 Å². The lowest BCUT2D eigenvalue weighted by atomic mass is 10.2. The molecule has 3 N–H and O–H groups in total. The fourth-order valence-corrected chi connectivity index (χ4v) is 1.42. The third-order valence-corrected chi connectivity index (χ3v) is 2.27. The molecule has 2 rings (SSSR count). The highest BCUT2D eigenvalue weighted by atomic mass is 19.1. The third-order valence-electron chi connectivity index (χ3n) is 2.27. The lowest BCUT2D eigenvalue weighted by Gasteiger charge is -2.10. The predicted molar refractivity (Wildman–Crippen MR) is 61.8 cm³/mol. The van der Waals surface area contributed by atoms with Gasteiger partial charge in [0.15, 0.2) is 0 Å². The number of anilines is 2. The van der Waals surface area contributed by atoms with Crippen molar-refractivity contribution in [3.63, 3.8) is 0 Å². The van der Waals surface area contributed by atoms with Crippen molar-refractivity contribution in [3.8, 4) is 0 Å². The average Bonchev–Trinajstić information content (AvgIpc) is 2.33. The van der Waals surface area contributed by atoms with E-state index in [1.807, 2.05) is 0 Å². The van der Waals surface area contributed by atoms with Gasteiger partial charge < -0.3 is 11.1 Å². The Hall–Kier alpha value is -1.94. The van der Waals surface area contributed by atoms with Crippen molar-refractivity contribution in [2.45, 2.75) is 6.54 Å². The molecule has 1 aromatic carbocycles. The summed E-state index contributed by atoms with van der Waals surface area (Å²) in [5.74, 6) is -0.290. The van der Waals surface area contributed by atoms with Crippen molar-refractivity contribution in [1.82, 2.24) is 4.98 Å². The van der Waals surface area contributed by atoms with E-state index in [1.54, 1.807) is 36.7 Å². The Morgan fingerprint density at radius 2 is 2.00 bits per heavy atom. The summed E-state index contributed by atoms with van der Waals surface area (Å²) in [7, 11) is 0. The van der Waals surface area contributed by atoms with Gasteiger partial charge in [-0.25, -0.2) is 4.39 Å². The van der Waals surface area contributed by atoms with E-state index in [-0.39, 0.29) is 5.82 Å². The third kappa shape index (κ3) is 2.17. The van der Waals surface area contributed by atoms with Gasteiger partial charge >= 0.3 is 0 Å². The first kappa shape index (κ1) is 10.6. The van der Waals surface area contributed by atoms with Crippen LogP contribution in [0, 0.1) is 5.82 Å². The van der Waals surface area contributed by atoms with Crippen LogP contribution < -0.4 is 11.1 Å². The second-order valence-corrected chi connectivity index (χ2v) is 3.34. The topological polar surface area (TPSA) is 50.9 Å². The molecule has 0 amide bonds. The highest BCUT2D eigenvalue weighted by Gasteiger charge is 2.04. The SMILES string of the molecule is NCc1cnccc1Nc1ccccc1F. The minimum Gasteiger partial charge on any atom is -0.353 e. The molecule has 0 aliphatic rings. The molecule has 1 heterocycles. The summed E-state index contributed by atoms with van der Waals surface area (Å²) in [6.07, 6.45) is 3.31. The van der Waals surface area contributed by atoms with Crippen LogP contribution in [0.4, 0.5) is 15.8 Å². The van der Waals surface area contributed by atoms with Gasteiger partial charge in [0.2, 0.25) is 0 Å². The number of hydrogen-bond donors (Lipinski definition) is 2. The van der Waals surface area contributed by atoms with Gasteiger partial charge in [0.25, 0.3) is 0 Å². The van der Waals surface area contributed by atoms with Gasteiger partial charge in [0.1, 0.15) is 5.82 Å². The maximum absolute atomic E-state index is 13.4. The van der Waals surface area contributed by atoms with Crippen LogP contribution in [0.5, 0.6) is 0 Å². The zero-order chi connectivity index (χ0) is 11.4. The lowest BCUT2D eigenvalue weighted by molar-refractivity contribution is 0.632. The number of aromatic nitrogens is 1. The molecular weight excluding hydrogens is 205 g/mol. The van der Waals surface area contributed by atoms with Crippen LogP contribution in [-0.2, 0) is 6.54 Å². The first-order valence-corrected chi connectivity index (χ1v) is 4.96. The monoisotopic (exact) mass is 217 g/mol. The van der Waals surface area contributed by atoms with Gasteiger partial charge in [-0.3, -0.25) is 4.98 Å². The second kappa shape index (κ2) is 4.72. The van der Waals surface area contributed by atoms with E-state index in [9.17, 15) is 4.39 Å². The van der Waals surface area contributed by atoms with Crippen LogP contribution in [0.2, 0.25) is 0 Å². The van der Waals surface area contributed by atoms with Crippen molar-refractivity contribution < 1.29 is 4.39 Å². The second-order valence-electron chi connectivity index (χ2n) is 3.34. The summed E-state index contributed by atoms with van der Waals surface area (Å²) in [5, 5.41) is 3.00. The van der Waals surface area contributed by atoms with Gasteiger partial charge in [-0.05, 0) is 18.2 Å². The van der Waals surface area contributed by atoms with Gasteiger partial charge in [-0.15, -0.1) is 0 Å². The molecular formula is C12H12FN3. The maximum atomic E-state index is 13.4. The number of hydrogen-bond acceptors (Lipinski definition) is 3. The molecule has 0 aliphatic heterocycles. The van der Waals surface area contributed by atoms with Crippen molar-refractivity contribution in [2.75, 3.05) is 5.32 Å². The minimum absolute atomic E-state index is 0.290. The molecule has 0 atom stereocenters. The van der Waals surface area contributed by atoms with Crippen molar-refractivity contribution in [3.05, 3.63) is 54.1 Å². The Morgan fingerprint density at radius 3 is 2.75 bits per heavy atom. The summed E-state index contributed by atoms with van der Waals surface area (Å²) in [5.41, 5.74) is 7.64. The molecule has 82 valence electrons. The van der Waals surface area contributed by atoms with Gasteiger partial charge in [0.05, 0.1) is 5.69 Å². The van der Waals surface area contributed by atoms with Crippen LogP contribution in [0.1, 0.15) is 5.56 Å². The van der Waals surface area contributed by atoms with Gasteiger partial charge in [0, 0.05) is 30.2 Å². The zero-order valence-corrected chi connectivity index (χ0v) is 8.65. The first-order chi connectivity index (χ1) is 7.81. The van der Waals surface area contributed by atoms with E-state index in [0.717, 1.165) is 11.3 Å². The standard InChI is InChI=1S/C12H12FN3/c13-10-3-1-2-4-12(10)16-11-5-6-15-8-9(11)7-14/h1-6,8H,7,14H2,(H,15,16). The number of halogens is 1. The van der Waals surface area contributed by atoms with Crippen LogP contribution in [0.25, 0.3) is 0 Å². The minimum atomic E-state index is -0.290. The largest absolute Gasteiger partial charge is 0.353 e. The summed E-state index contributed by atoms with van der Waals surface area (Å²) in [4.78, 5) is 3.97. The Bertz CT molecular complexity index is 485. The Balaban J connectivity index is 2.30. The molecule has 0 saturated heterocycles. The molecule has 0 spiro atoms. The van der Waals surface area contributed by atoms with E-state index < -0.39 is 0 Å². The van der Waals surface area contributed by atoms with E-state index in [1.165, 1.54) is 6.07 Å². The average molecular weight is 217 g/mol. The fraction of sp³-hybridized carbons (Fsp3) is 0.0833. The van der Waals surface area contributed by atoms with E-state index in [4.69, 9.17) is 5.73 Å². The van der Waals surface area contributed by atoms with E-state index >= 15 is 0 Å². The fourth-order valence-electron chi connectivity index (χ4n) is 1.42. The van der Waals surface area contributed by atoms with Crippen LogP contribution >= 0.6 is 0 Å². The summed E-state index contributed by atoms with van der Waals surface area (Å²) < 4.78 is 13.4. The Kier molecular flexibility index (Phi) is 3.12. The van der Waals surface area contributed by atoms with Crippen molar-refractivity contribution in [2.24, 2.45) is 5.73 Å². The molecule has 0 radical (unpaired) electrons. The molecule has 0 saturated carbocycles. The summed E-state index contributed by atoms with van der Waals surface area (Å²) in [6, 6.07) is 8.28. The van der Waals surface area contributed by atoms with Crippen LogP contribution in [0.3, 0.4) is 0 Å². The van der Waals surface area contributed by atoms with Crippen molar-refractivity contribution in [1.29, 1.82) is 0 Å². The highest BCUT2D eigenvalue weighted by Crippen LogP contribution is 2.21. The Labute approximate surface area is 93.1 Å². The molecule has 0 unspecified atom stereocenters. The van der Waals surface area contributed by atoms with Crippen LogP contribution in [0.15, 0.2) is 42.7 Å². The van der Waals surface area contributed by atoms with Gasteiger partial charge in [-0.1, -0.05) is 12.1 Å². The zero-order valence-electron chi connectivity index (χ0n) is 8.65. The molecule has 1 aromatic heterocycles. The van der Waals surface area contributed by atoms with E-state index in [0.29, 0.717) is 12.2 Å². The molecule has 3 nitrogen and oxygen atoms in total. The number of nitrogens with zero attached hydrogens (tertiary/aromatic N) is 1. The molecule has 0 aliphatic carbocycles. The number of para-hydroxylation sites is 1. The molecule has 2 aromatic rings. The number of nitrogens with one attached hydrogen (secondary N) is 1. The van der Waals surface area contributed by atoms with Gasteiger partial charge in [-0.2, -0.15) is 0 Å². The number of rotatable bonds is 3. The maximum Gasteiger partial charge on any atom is 0.146 e. The Morgan fingerprint density at radius 1 is 1.19 bits per heavy atom. The highest BCUT2D eigenvalue weighted by molar-refractivity contribution is 5.62. The number of benzene rings is 1. The molecule has 0 fully saturated rings. The molecule has 0 bridgehead atoms.